The number of anilines is 1. The van der Waals surface area contributed by atoms with Crippen LogP contribution in [0.25, 0.3) is 0 Å². The first-order chi connectivity index (χ1) is 9.60. The van der Waals surface area contributed by atoms with Gasteiger partial charge in [-0.3, -0.25) is 0 Å². The molecular weight excluding hydrogens is 248 g/mol. The number of hydrogen-bond acceptors (Lipinski definition) is 2. The van der Waals surface area contributed by atoms with Crippen LogP contribution in [-0.4, -0.2) is 10.7 Å². The number of aryl methyl sites for hydroxylation is 2. The zero-order chi connectivity index (χ0) is 14.5. The van der Waals surface area contributed by atoms with Gasteiger partial charge in [-0.2, -0.15) is 0 Å². The summed E-state index contributed by atoms with van der Waals surface area (Å²) in [5, 5.41) is 3.49. The van der Waals surface area contributed by atoms with Crippen LogP contribution in [-0.2, 0) is 13.1 Å². The molecule has 0 bridgehead atoms. The summed E-state index contributed by atoms with van der Waals surface area (Å²) in [5.74, 6) is 0.931. The van der Waals surface area contributed by atoms with Gasteiger partial charge in [-0.1, -0.05) is 0 Å². The molecule has 0 unspecified atom stereocenters. The summed E-state index contributed by atoms with van der Waals surface area (Å²) in [4.78, 5) is 0. The Morgan fingerprint density at radius 1 is 1.25 bits per heavy atom. The van der Waals surface area contributed by atoms with E-state index in [0.717, 1.165) is 24.5 Å². The first-order valence-electron chi connectivity index (χ1n) is 7.25. The molecule has 3 nitrogen and oxygen atoms in total. The van der Waals surface area contributed by atoms with Gasteiger partial charge in [-0.05, 0) is 63.6 Å². The van der Waals surface area contributed by atoms with E-state index in [-0.39, 0.29) is 6.10 Å². The second kappa shape index (κ2) is 6.51. The fraction of sp³-hybridized carbons (Fsp3) is 0.412. The van der Waals surface area contributed by atoms with E-state index in [1.54, 1.807) is 0 Å². The van der Waals surface area contributed by atoms with Crippen LogP contribution in [0.5, 0.6) is 5.75 Å². The van der Waals surface area contributed by atoms with Crippen molar-refractivity contribution in [3.8, 4) is 5.75 Å². The predicted octanol–water partition coefficient (Wildman–Crippen LogP) is 4.22. The fourth-order valence-electron chi connectivity index (χ4n) is 2.28. The highest BCUT2D eigenvalue weighted by atomic mass is 16.5. The number of nitrogens with one attached hydrogen (secondary N) is 1. The zero-order valence-corrected chi connectivity index (χ0v) is 12.8. The Balaban J connectivity index is 2.03. The van der Waals surface area contributed by atoms with Gasteiger partial charge in [0, 0.05) is 24.1 Å². The molecule has 20 heavy (non-hydrogen) atoms. The van der Waals surface area contributed by atoms with Gasteiger partial charge < -0.3 is 14.6 Å². The molecule has 0 saturated carbocycles. The molecule has 0 aliphatic rings. The Labute approximate surface area is 121 Å². The van der Waals surface area contributed by atoms with Gasteiger partial charge in [0.25, 0.3) is 0 Å². The Morgan fingerprint density at radius 3 is 2.70 bits per heavy atom. The second-order valence-corrected chi connectivity index (χ2v) is 5.28. The van der Waals surface area contributed by atoms with Gasteiger partial charge in [0.1, 0.15) is 5.75 Å². The van der Waals surface area contributed by atoms with E-state index in [2.05, 4.69) is 54.2 Å². The van der Waals surface area contributed by atoms with Crippen LogP contribution in [0.4, 0.5) is 5.69 Å². The third-order valence-corrected chi connectivity index (χ3v) is 3.29. The minimum absolute atomic E-state index is 0.209. The average Bonchev–Trinajstić information content (AvgIpc) is 2.84. The van der Waals surface area contributed by atoms with Crippen LogP contribution in [0.1, 0.15) is 32.0 Å². The minimum atomic E-state index is 0.209. The summed E-state index contributed by atoms with van der Waals surface area (Å²) < 4.78 is 7.95. The van der Waals surface area contributed by atoms with Gasteiger partial charge in [0.05, 0.1) is 12.6 Å². The summed E-state index contributed by atoms with van der Waals surface area (Å²) >= 11 is 0. The summed E-state index contributed by atoms with van der Waals surface area (Å²) in [6.07, 6.45) is 2.32. The largest absolute Gasteiger partial charge is 0.491 e. The van der Waals surface area contributed by atoms with E-state index in [4.69, 9.17) is 4.74 Å². The lowest BCUT2D eigenvalue weighted by molar-refractivity contribution is 0.242. The lowest BCUT2D eigenvalue weighted by atomic mass is 10.2. The van der Waals surface area contributed by atoms with Crippen LogP contribution in [0, 0.1) is 6.92 Å². The van der Waals surface area contributed by atoms with E-state index in [9.17, 15) is 0 Å². The lowest BCUT2D eigenvalue weighted by Gasteiger charge is -2.14. The van der Waals surface area contributed by atoms with E-state index in [1.807, 2.05) is 19.9 Å². The molecule has 2 rings (SSSR count). The molecule has 2 aromatic rings. The van der Waals surface area contributed by atoms with Gasteiger partial charge in [0.2, 0.25) is 0 Å². The number of nitrogens with zero attached hydrogens (tertiary/aromatic N) is 1. The molecular formula is C17H24N2O. The molecule has 0 atom stereocenters. The highest BCUT2D eigenvalue weighted by Crippen LogP contribution is 2.22. The number of hydrogen-bond donors (Lipinski definition) is 1. The predicted molar refractivity (Wildman–Crippen MR) is 84.4 cm³/mol. The average molecular weight is 272 g/mol. The SMILES string of the molecule is CCn1cccc1CNc1ccc(OC(C)C)cc1C. The third-order valence-electron chi connectivity index (χ3n) is 3.29. The number of ether oxygens (including phenoxy) is 1. The molecule has 108 valence electrons. The van der Waals surface area contributed by atoms with E-state index in [0.29, 0.717) is 0 Å². The minimum Gasteiger partial charge on any atom is -0.491 e. The topological polar surface area (TPSA) is 26.2 Å². The Kier molecular flexibility index (Phi) is 4.72. The normalized spacial score (nSPS) is 10.8. The Hall–Kier alpha value is -1.90. The maximum atomic E-state index is 5.71. The van der Waals surface area contributed by atoms with Crippen molar-refractivity contribution in [1.29, 1.82) is 0 Å². The Bertz CT molecular complexity index is 558. The Morgan fingerprint density at radius 2 is 2.05 bits per heavy atom. The van der Waals surface area contributed by atoms with Crippen LogP contribution < -0.4 is 10.1 Å². The number of rotatable bonds is 6. The van der Waals surface area contributed by atoms with Gasteiger partial charge >= 0.3 is 0 Å². The quantitative estimate of drug-likeness (QED) is 0.852. The van der Waals surface area contributed by atoms with Crippen molar-refractivity contribution in [2.75, 3.05) is 5.32 Å². The monoisotopic (exact) mass is 272 g/mol. The molecule has 1 aromatic heterocycles. The molecule has 1 N–H and O–H groups in total. The maximum Gasteiger partial charge on any atom is 0.120 e. The summed E-state index contributed by atoms with van der Waals surface area (Å²) in [6, 6.07) is 10.4. The maximum absolute atomic E-state index is 5.71. The summed E-state index contributed by atoms with van der Waals surface area (Å²) in [6.45, 7) is 10.2. The molecule has 0 radical (unpaired) electrons. The summed E-state index contributed by atoms with van der Waals surface area (Å²) in [7, 11) is 0. The molecule has 0 amide bonds. The van der Waals surface area contributed by atoms with E-state index in [1.165, 1.54) is 11.3 Å². The fourth-order valence-corrected chi connectivity index (χ4v) is 2.28. The first kappa shape index (κ1) is 14.5. The van der Waals surface area contributed by atoms with Crippen molar-refractivity contribution in [3.63, 3.8) is 0 Å². The lowest BCUT2D eigenvalue weighted by Crippen LogP contribution is -2.08. The highest BCUT2D eigenvalue weighted by Gasteiger charge is 2.04. The van der Waals surface area contributed by atoms with Crippen molar-refractivity contribution >= 4 is 5.69 Å². The molecule has 0 aliphatic carbocycles. The molecule has 1 aromatic carbocycles. The first-order valence-corrected chi connectivity index (χ1v) is 7.25. The molecule has 0 saturated heterocycles. The van der Waals surface area contributed by atoms with Crippen molar-refractivity contribution in [2.45, 2.75) is 46.9 Å². The zero-order valence-electron chi connectivity index (χ0n) is 12.8. The van der Waals surface area contributed by atoms with Gasteiger partial charge in [-0.15, -0.1) is 0 Å². The third kappa shape index (κ3) is 3.56. The van der Waals surface area contributed by atoms with Gasteiger partial charge in [-0.25, -0.2) is 0 Å². The van der Waals surface area contributed by atoms with Crippen LogP contribution >= 0.6 is 0 Å². The van der Waals surface area contributed by atoms with Crippen LogP contribution in [0.3, 0.4) is 0 Å². The van der Waals surface area contributed by atoms with Crippen molar-refractivity contribution in [1.82, 2.24) is 4.57 Å². The molecule has 3 heteroatoms. The second-order valence-electron chi connectivity index (χ2n) is 5.28. The van der Waals surface area contributed by atoms with E-state index < -0.39 is 0 Å². The van der Waals surface area contributed by atoms with Crippen LogP contribution in [0.15, 0.2) is 36.5 Å². The number of benzene rings is 1. The van der Waals surface area contributed by atoms with Crippen molar-refractivity contribution in [2.24, 2.45) is 0 Å². The van der Waals surface area contributed by atoms with E-state index >= 15 is 0 Å². The number of aromatic nitrogens is 1. The smallest absolute Gasteiger partial charge is 0.120 e. The molecule has 0 aliphatic heterocycles. The van der Waals surface area contributed by atoms with Crippen molar-refractivity contribution in [3.05, 3.63) is 47.8 Å². The molecule has 1 heterocycles. The van der Waals surface area contributed by atoms with Crippen molar-refractivity contribution < 1.29 is 4.74 Å². The molecule has 0 fully saturated rings. The summed E-state index contributed by atoms with van der Waals surface area (Å²) in [5.41, 5.74) is 3.66. The van der Waals surface area contributed by atoms with Crippen LogP contribution in [0.2, 0.25) is 0 Å². The molecule has 0 spiro atoms. The highest BCUT2D eigenvalue weighted by molar-refractivity contribution is 5.53. The van der Waals surface area contributed by atoms with Gasteiger partial charge in [0.15, 0.2) is 0 Å². The standard InChI is InChI=1S/C17H24N2O/c1-5-19-10-6-7-15(19)12-18-17-9-8-16(11-14(17)4)20-13(2)3/h6-11,13,18H,5,12H2,1-4H3.